The molecular formula is C24H17NO. The zero-order valence-corrected chi connectivity index (χ0v) is 14.3. The summed E-state index contributed by atoms with van der Waals surface area (Å²) < 4.78 is 8.50. The minimum atomic E-state index is 0.914. The van der Waals surface area contributed by atoms with Crippen LogP contribution >= 0.6 is 0 Å². The molecule has 0 amide bonds. The highest BCUT2D eigenvalue weighted by Crippen LogP contribution is 2.40. The van der Waals surface area contributed by atoms with Crippen LogP contribution < -0.4 is 0 Å². The van der Waals surface area contributed by atoms with Gasteiger partial charge in [-0.2, -0.15) is 0 Å². The molecule has 0 saturated heterocycles. The Labute approximate surface area is 150 Å². The van der Waals surface area contributed by atoms with Crippen molar-refractivity contribution in [2.45, 2.75) is 0 Å². The highest BCUT2D eigenvalue weighted by atomic mass is 16.3. The summed E-state index contributed by atoms with van der Waals surface area (Å²) in [6.07, 6.45) is 5.62. The molecule has 0 atom stereocenters. The third-order valence-corrected chi connectivity index (χ3v) is 4.94. The Hall–Kier alpha value is -3.52. The van der Waals surface area contributed by atoms with Crippen LogP contribution in [0.2, 0.25) is 0 Å². The molecule has 0 spiro atoms. The zero-order valence-electron chi connectivity index (χ0n) is 14.3. The van der Waals surface area contributed by atoms with E-state index in [1.165, 1.54) is 5.39 Å². The van der Waals surface area contributed by atoms with Gasteiger partial charge in [-0.25, -0.2) is 0 Å². The number of para-hydroxylation sites is 2. The molecule has 0 N–H and O–H groups in total. The summed E-state index contributed by atoms with van der Waals surface area (Å²) in [6.45, 7) is 7.83. The van der Waals surface area contributed by atoms with Crippen LogP contribution in [0.3, 0.4) is 0 Å². The third kappa shape index (κ3) is 1.87. The van der Waals surface area contributed by atoms with Crippen LogP contribution in [0.4, 0.5) is 0 Å². The number of aromatic nitrogens is 1. The van der Waals surface area contributed by atoms with Gasteiger partial charge in [0.15, 0.2) is 0 Å². The van der Waals surface area contributed by atoms with E-state index in [1.807, 2.05) is 30.4 Å². The van der Waals surface area contributed by atoms with Gasteiger partial charge in [-0.3, -0.25) is 0 Å². The van der Waals surface area contributed by atoms with Crippen LogP contribution in [-0.4, -0.2) is 4.57 Å². The predicted molar refractivity (Wildman–Crippen MR) is 111 cm³/mol. The second kappa shape index (κ2) is 5.50. The van der Waals surface area contributed by atoms with E-state index in [1.54, 1.807) is 6.08 Å². The van der Waals surface area contributed by atoms with Gasteiger partial charge in [0.05, 0.1) is 16.4 Å². The normalized spacial score (nSPS) is 12.4. The minimum absolute atomic E-state index is 0.914. The van der Waals surface area contributed by atoms with Crippen molar-refractivity contribution >= 4 is 49.4 Å². The van der Waals surface area contributed by atoms with E-state index in [0.717, 1.165) is 44.1 Å². The van der Waals surface area contributed by atoms with Gasteiger partial charge in [0.1, 0.15) is 11.2 Å². The van der Waals surface area contributed by atoms with Crippen molar-refractivity contribution in [1.29, 1.82) is 0 Å². The van der Waals surface area contributed by atoms with Gasteiger partial charge in [-0.05, 0) is 36.4 Å². The number of fused-ring (bicyclic) bond motifs is 7. The smallest absolute Gasteiger partial charge is 0.145 e. The Bertz CT molecular complexity index is 1360. The van der Waals surface area contributed by atoms with E-state index >= 15 is 0 Å². The summed E-state index contributed by atoms with van der Waals surface area (Å²) in [5, 5.41) is 4.59. The molecule has 2 nitrogen and oxygen atoms in total. The monoisotopic (exact) mass is 335 g/mol. The molecule has 2 aromatic heterocycles. The fourth-order valence-corrected chi connectivity index (χ4v) is 3.87. The lowest BCUT2D eigenvalue weighted by Gasteiger charge is -2.07. The van der Waals surface area contributed by atoms with Crippen LogP contribution in [0, 0.1) is 0 Å². The number of rotatable bonds is 3. The number of benzene rings is 3. The van der Waals surface area contributed by atoms with Crippen molar-refractivity contribution in [2.24, 2.45) is 0 Å². The van der Waals surface area contributed by atoms with Crippen molar-refractivity contribution in [3.8, 4) is 0 Å². The Morgan fingerprint density at radius 2 is 1.58 bits per heavy atom. The van der Waals surface area contributed by atoms with Gasteiger partial charge in [-0.15, -0.1) is 0 Å². The molecule has 0 unspecified atom stereocenters. The van der Waals surface area contributed by atoms with E-state index in [2.05, 4.69) is 60.2 Å². The fourth-order valence-electron chi connectivity index (χ4n) is 3.87. The maximum atomic E-state index is 6.28. The summed E-state index contributed by atoms with van der Waals surface area (Å²) in [4.78, 5) is 0. The molecule has 0 aliphatic carbocycles. The molecule has 0 aliphatic heterocycles. The van der Waals surface area contributed by atoms with Gasteiger partial charge >= 0.3 is 0 Å². The van der Waals surface area contributed by atoms with Crippen molar-refractivity contribution in [1.82, 2.24) is 4.57 Å². The van der Waals surface area contributed by atoms with Crippen molar-refractivity contribution in [2.75, 3.05) is 0 Å². The minimum Gasteiger partial charge on any atom is -0.455 e. The topological polar surface area (TPSA) is 18.1 Å². The Kier molecular flexibility index (Phi) is 3.13. The first kappa shape index (κ1) is 14.8. The van der Waals surface area contributed by atoms with E-state index in [9.17, 15) is 0 Å². The molecule has 2 heterocycles. The summed E-state index contributed by atoms with van der Waals surface area (Å²) in [6, 6.07) is 20.9. The largest absolute Gasteiger partial charge is 0.455 e. The number of allylic oxidation sites excluding steroid dienone is 4. The number of furan rings is 1. The quantitative estimate of drug-likeness (QED) is 0.328. The van der Waals surface area contributed by atoms with E-state index in [-0.39, 0.29) is 0 Å². The molecule has 26 heavy (non-hydrogen) atoms. The molecule has 0 aliphatic rings. The average Bonchev–Trinajstić information content (AvgIpc) is 3.22. The Balaban J connectivity index is 2.06. The molecule has 0 radical (unpaired) electrons. The first-order valence-electron chi connectivity index (χ1n) is 8.62. The third-order valence-electron chi connectivity index (χ3n) is 4.94. The van der Waals surface area contributed by atoms with Gasteiger partial charge < -0.3 is 8.98 Å². The molecule has 0 saturated carbocycles. The van der Waals surface area contributed by atoms with Crippen molar-refractivity contribution < 1.29 is 4.42 Å². The molecular weight excluding hydrogens is 318 g/mol. The SMILES string of the molecule is C=CC=C(C=C)n1c2ccccc2c2c3oc4ccccc4c3ccc21. The molecule has 2 heteroatoms. The summed E-state index contributed by atoms with van der Waals surface area (Å²) >= 11 is 0. The number of hydrogen-bond donors (Lipinski definition) is 0. The van der Waals surface area contributed by atoms with Crippen LogP contribution in [0.15, 0.2) is 96.5 Å². The summed E-state index contributed by atoms with van der Waals surface area (Å²) in [5.74, 6) is 0. The molecule has 5 rings (SSSR count). The van der Waals surface area contributed by atoms with Crippen LogP contribution in [0.1, 0.15) is 0 Å². The molecule has 124 valence electrons. The zero-order chi connectivity index (χ0) is 17.7. The van der Waals surface area contributed by atoms with Crippen molar-refractivity contribution in [3.63, 3.8) is 0 Å². The maximum Gasteiger partial charge on any atom is 0.145 e. The fraction of sp³-hybridized carbons (Fsp3) is 0. The van der Waals surface area contributed by atoms with Crippen LogP contribution in [0.25, 0.3) is 49.4 Å². The predicted octanol–water partition coefficient (Wildman–Crippen LogP) is 6.91. The second-order valence-corrected chi connectivity index (χ2v) is 6.32. The molecule has 0 bridgehead atoms. The van der Waals surface area contributed by atoms with Gasteiger partial charge in [0.25, 0.3) is 0 Å². The summed E-state index contributed by atoms with van der Waals surface area (Å²) in [7, 11) is 0. The number of hydrogen-bond acceptors (Lipinski definition) is 1. The van der Waals surface area contributed by atoms with Gasteiger partial charge in [0.2, 0.25) is 0 Å². The number of nitrogens with zero attached hydrogens (tertiary/aromatic N) is 1. The second-order valence-electron chi connectivity index (χ2n) is 6.32. The van der Waals surface area contributed by atoms with E-state index in [0.29, 0.717) is 0 Å². The van der Waals surface area contributed by atoms with Crippen LogP contribution in [0.5, 0.6) is 0 Å². The first-order valence-corrected chi connectivity index (χ1v) is 8.62. The summed E-state index contributed by atoms with van der Waals surface area (Å²) in [5.41, 5.74) is 5.06. The Morgan fingerprint density at radius 1 is 0.808 bits per heavy atom. The maximum absolute atomic E-state index is 6.28. The highest BCUT2D eigenvalue weighted by molar-refractivity contribution is 6.24. The Morgan fingerprint density at radius 3 is 2.38 bits per heavy atom. The first-order chi connectivity index (χ1) is 12.8. The van der Waals surface area contributed by atoms with Crippen molar-refractivity contribution in [3.05, 3.63) is 92.0 Å². The van der Waals surface area contributed by atoms with Gasteiger partial charge in [-0.1, -0.05) is 55.6 Å². The molecule has 5 aromatic rings. The average molecular weight is 335 g/mol. The molecule has 3 aromatic carbocycles. The molecule has 0 fully saturated rings. The van der Waals surface area contributed by atoms with Crippen LogP contribution in [-0.2, 0) is 0 Å². The van der Waals surface area contributed by atoms with E-state index < -0.39 is 0 Å². The highest BCUT2D eigenvalue weighted by Gasteiger charge is 2.18. The lowest BCUT2D eigenvalue weighted by Crippen LogP contribution is -1.93. The van der Waals surface area contributed by atoms with Gasteiger partial charge in [0, 0.05) is 21.9 Å². The lowest BCUT2D eigenvalue weighted by atomic mass is 10.1. The standard InChI is InChI=1S/C24H17NO/c1-3-9-16(4-2)25-20-12-7-5-11-19(20)23-21(25)15-14-18-17-10-6-8-13-22(17)26-24(18)23/h3-15H,1-2H2. The lowest BCUT2D eigenvalue weighted by molar-refractivity contribution is 0.673. The van der Waals surface area contributed by atoms with E-state index in [4.69, 9.17) is 4.42 Å².